The molecule has 0 N–H and O–H groups in total. The minimum Gasteiger partial charge on any atom is -0.543 e. The lowest BCUT2D eigenvalue weighted by molar-refractivity contribution is 0.0989. The van der Waals surface area contributed by atoms with Crippen molar-refractivity contribution in [3.63, 3.8) is 0 Å². The molecule has 0 aliphatic rings. The summed E-state index contributed by atoms with van der Waals surface area (Å²) in [6.07, 6.45) is 0. The maximum Gasteiger partial charge on any atom is 0.250 e. The number of carbonyl (C=O) groups excluding carboxylic acids is 1. The van der Waals surface area contributed by atoms with Crippen molar-refractivity contribution in [2.24, 2.45) is 0 Å². The Bertz CT molecular complexity index is 647. The minimum atomic E-state index is -1.85. The summed E-state index contributed by atoms with van der Waals surface area (Å²) in [5, 5.41) is 1.06. The summed E-state index contributed by atoms with van der Waals surface area (Å²) in [6, 6.07) is 7.50. The number of Topliss-reactive ketones (excluding diaryl/α,β-unsaturated/α-hetero) is 1. The summed E-state index contributed by atoms with van der Waals surface area (Å²) >= 11 is 0. The summed E-state index contributed by atoms with van der Waals surface area (Å²) in [7, 11) is -1.85. The molecular formula is C16H22O3Si. The zero-order valence-corrected chi connectivity index (χ0v) is 14.0. The number of benzene rings is 1. The van der Waals surface area contributed by atoms with E-state index in [1.54, 1.807) is 6.07 Å². The van der Waals surface area contributed by atoms with Gasteiger partial charge in [-0.15, -0.1) is 0 Å². The first-order chi connectivity index (χ1) is 9.10. The van der Waals surface area contributed by atoms with Gasteiger partial charge in [-0.25, -0.2) is 0 Å². The number of furan rings is 1. The molecule has 108 valence electrons. The Kier molecular flexibility index (Phi) is 3.54. The van der Waals surface area contributed by atoms with Gasteiger partial charge in [0.2, 0.25) is 8.32 Å². The molecule has 0 amide bonds. The monoisotopic (exact) mass is 290 g/mol. The van der Waals surface area contributed by atoms with E-state index >= 15 is 0 Å². The Morgan fingerprint density at radius 3 is 2.40 bits per heavy atom. The predicted octanol–water partition coefficient (Wildman–Crippen LogP) is 5.02. The van der Waals surface area contributed by atoms with Crippen molar-refractivity contribution in [2.45, 2.75) is 45.8 Å². The van der Waals surface area contributed by atoms with Crippen molar-refractivity contribution in [1.82, 2.24) is 0 Å². The fourth-order valence-corrected chi connectivity index (χ4v) is 2.73. The summed E-state index contributed by atoms with van der Waals surface area (Å²) in [5.41, 5.74) is 0.720. The largest absolute Gasteiger partial charge is 0.543 e. The highest BCUT2D eigenvalue weighted by Gasteiger charge is 2.38. The molecule has 0 spiro atoms. The Labute approximate surface area is 121 Å². The van der Waals surface area contributed by atoms with Crippen LogP contribution in [0.1, 0.15) is 38.2 Å². The molecular weight excluding hydrogens is 268 g/mol. The highest BCUT2D eigenvalue weighted by atomic mass is 28.4. The van der Waals surface area contributed by atoms with Crippen molar-refractivity contribution in [3.05, 3.63) is 30.0 Å². The highest BCUT2D eigenvalue weighted by Crippen LogP contribution is 2.38. The van der Waals surface area contributed by atoms with Gasteiger partial charge in [0.05, 0.1) is 0 Å². The van der Waals surface area contributed by atoms with E-state index in [0.717, 1.165) is 16.7 Å². The average molecular weight is 290 g/mol. The van der Waals surface area contributed by atoms with Crippen molar-refractivity contribution in [3.8, 4) is 5.75 Å². The lowest BCUT2D eigenvalue weighted by Gasteiger charge is -2.36. The molecule has 0 aliphatic heterocycles. The van der Waals surface area contributed by atoms with Crippen LogP contribution in [-0.4, -0.2) is 14.1 Å². The molecule has 1 aromatic carbocycles. The van der Waals surface area contributed by atoms with Crippen LogP contribution in [0.25, 0.3) is 11.0 Å². The van der Waals surface area contributed by atoms with Crippen LogP contribution in [0.3, 0.4) is 0 Å². The zero-order chi connectivity index (χ0) is 15.1. The van der Waals surface area contributed by atoms with Crippen LogP contribution in [0, 0.1) is 0 Å². The van der Waals surface area contributed by atoms with Gasteiger partial charge in [0.1, 0.15) is 11.3 Å². The molecule has 0 atom stereocenters. The van der Waals surface area contributed by atoms with Gasteiger partial charge in [-0.1, -0.05) is 20.8 Å². The second kappa shape index (κ2) is 4.77. The molecule has 0 saturated heterocycles. The molecule has 0 radical (unpaired) electrons. The van der Waals surface area contributed by atoms with E-state index in [1.807, 2.05) is 18.2 Å². The van der Waals surface area contributed by atoms with Gasteiger partial charge in [0.25, 0.3) is 0 Å². The molecule has 1 aromatic heterocycles. The van der Waals surface area contributed by atoms with Gasteiger partial charge in [0, 0.05) is 12.3 Å². The van der Waals surface area contributed by atoms with Crippen LogP contribution < -0.4 is 4.43 Å². The fourth-order valence-electron chi connectivity index (χ4n) is 1.71. The van der Waals surface area contributed by atoms with E-state index in [-0.39, 0.29) is 10.8 Å². The summed E-state index contributed by atoms with van der Waals surface area (Å²) in [4.78, 5) is 11.3. The first-order valence-corrected chi connectivity index (χ1v) is 9.74. The molecule has 0 unspecified atom stereocenters. The van der Waals surface area contributed by atoms with Crippen molar-refractivity contribution < 1.29 is 13.6 Å². The Morgan fingerprint density at radius 1 is 1.20 bits per heavy atom. The molecule has 2 rings (SSSR count). The van der Waals surface area contributed by atoms with Gasteiger partial charge in [-0.3, -0.25) is 4.79 Å². The number of ketones is 1. The zero-order valence-electron chi connectivity index (χ0n) is 13.0. The first-order valence-electron chi connectivity index (χ1n) is 6.84. The number of carbonyl (C=O) groups is 1. The number of rotatable bonds is 3. The third-order valence-electron chi connectivity index (χ3n) is 4.01. The quantitative estimate of drug-likeness (QED) is 0.588. The van der Waals surface area contributed by atoms with E-state index in [9.17, 15) is 4.79 Å². The molecule has 0 saturated carbocycles. The molecule has 0 aliphatic carbocycles. The van der Waals surface area contributed by atoms with E-state index in [0.29, 0.717) is 5.76 Å². The highest BCUT2D eigenvalue weighted by molar-refractivity contribution is 6.74. The van der Waals surface area contributed by atoms with Crippen LogP contribution in [0.5, 0.6) is 5.75 Å². The summed E-state index contributed by atoms with van der Waals surface area (Å²) in [6.45, 7) is 12.6. The lowest BCUT2D eigenvalue weighted by atomic mass is 10.2. The molecule has 2 aromatic rings. The number of hydrogen-bond acceptors (Lipinski definition) is 3. The second-order valence-electron chi connectivity index (χ2n) is 6.73. The number of hydrogen-bond donors (Lipinski definition) is 0. The molecule has 20 heavy (non-hydrogen) atoms. The van der Waals surface area contributed by atoms with E-state index < -0.39 is 8.32 Å². The normalized spacial score (nSPS) is 12.7. The first kappa shape index (κ1) is 14.8. The summed E-state index contributed by atoms with van der Waals surface area (Å²) < 4.78 is 11.7. The van der Waals surface area contributed by atoms with Crippen LogP contribution in [0.15, 0.2) is 28.7 Å². The topological polar surface area (TPSA) is 39.4 Å². The van der Waals surface area contributed by atoms with E-state index in [1.165, 1.54) is 6.92 Å². The fraction of sp³-hybridized carbons (Fsp3) is 0.438. The van der Waals surface area contributed by atoms with Gasteiger partial charge < -0.3 is 8.84 Å². The maximum absolute atomic E-state index is 11.3. The molecule has 4 heteroatoms. The van der Waals surface area contributed by atoms with Crippen molar-refractivity contribution >= 4 is 25.1 Å². The number of fused-ring (bicyclic) bond motifs is 1. The summed E-state index contributed by atoms with van der Waals surface area (Å²) in [5.74, 6) is 1.18. The van der Waals surface area contributed by atoms with Gasteiger partial charge in [0.15, 0.2) is 11.5 Å². The van der Waals surface area contributed by atoms with Crippen LogP contribution in [-0.2, 0) is 0 Å². The molecule has 1 heterocycles. The van der Waals surface area contributed by atoms with Crippen molar-refractivity contribution in [2.75, 3.05) is 0 Å². The second-order valence-corrected chi connectivity index (χ2v) is 11.5. The van der Waals surface area contributed by atoms with Crippen LogP contribution in [0.2, 0.25) is 18.1 Å². The Balaban J connectivity index is 2.35. The van der Waals surface area contributed by atoms with Crippen LogP contribution in [0.4, 0.5) is 0 Å². The third kappa shape index (κ3) is 2.80. The van der Waals surface area contributed by atoms with E-state index in [2.05, 4.69) is 33.9 Å². The predicted molar refractivity (Wildman–Crippen MR) is 84.0 cm³/mol. The average Bonchev–Trinajstić information content (AvgIpc) is 2.69. The molecule has 0 bridgehead atoms. The molecule has 3 nitrogen and oxygen atoms in total. The van der Waals surface area contributed by atoms with E-state index in [4.69, 9.17) is 8.84 Å². The molecule has 0 fully saturated rings. The Morgan fingerprint density at radius 2 is 1.85 bits per heavy atom. The lowest BCUT2D eigenvalue weighted by Crippen LogP contribution is -2.43. The Hall–Kier alpha value is -1.55. The SMILES string of the molecule is CC(=O)c1cc2cc(O[Si](C)(C)C(C)(C)C)ccc2o1. The maximum atomic E-state index is 11.3. The smallest absolute Gasteiger partial charge is 0.250 e. The van der Waals surface area contributed by atoms with Gasteiger partial charge >= 0.3 is 0 Å². The third-order valence-corrected chi connectivity index (χ3v) is 8.37. The van der Waals surface area contributed by atoms with Crippen molar-refractivity contribution in [1.29, 1.82) is 0 Å². The minimum absolute atomic E-state index is 0.0620. The van der Waals surface area contributed by atoms with Gasteiger partial charge in [-0.05, 0) is 42.4 Å². The van der Waals surface area contributed by atoms with Crippen LogP contribution >= 0.6 is 0 Å². The standard InChI is InChI=1S/C16H22O3Si/c1-11(17)15-10-12-9-13(7-8-14(12)18-15)19-20(5,6)16(2,3)4/h7-10H,1-6H3. The van der Waals surface area contributed by atoms with Gasteiger partial charge in [-0.2, -0.15) is 0 Å².